The zero-order chi connectivity index (χ0) is 13.4. The highest BCUT2D eigenvalue weighted by atomic mass is 33.1. The SMILES string of the molecule is C[C@H](NC(=O)CCSSc1ccccn1)C(=O)O. The molecule has 1 aromatic heterocycles. The molecule has 0 radical (unpaired) electrons. The van der Waals surface area contributed by atoms with Crippen LogP contribution in [0.2, 0.25) is 0 Å². The van der Waals surface area contributed by atoms with Gasteiger partial charge < -0.3 is 10.4 Å². The van der Waals surface area contributed by atoms with Crippen LogP contribution in [0.5, 0.6) is 0 Å². The normalized spacial score (nSPS) is 11.8. The van der Waals surface area contributed by atoms with Crippen molar-refractivity contribution in [2.45, 2.75) is 24.4 Å². The van der Waals surface area contributed by atoms with Gasteiger partial charge in [0.1, 0.15) is 11.1 Å². The Bertz CT molecular complexity index is 401. The van der Waals surface area contributed by atoms with Crippen molar-refractivity contribution in [3.63, 3.8) is 0 Å². The summed E-state index contributed by atoms with van der Waals surface area (Å²) in [6.45, 7) is 1.44. The molecule has 0 aliphatic rings. The van der Waals surface area contributed by atoms with Crippen molar-refractivity contribution in [1.82, 2.24) is 10.3 Å². The first-order valence-electron chi connectivity index (χ1n) is 5.32. The van der Waals surface area contributed by atoms with Gasteiger partial charge in [-0.25, -0.2) is 4.98 Å². The van der Waals surface area contributed by atoms with E-state index in [-0.39, 0.29) is 5.91 Å². The molecule has 0 unspecified atom stereocenters. The minimum Gasteiger partial charge on any atom is -0.480 e. The maximum absolute atomic E-state index is 11.4. The van der Waals surface area contributed by atoms with Gasteiger partial charge in [0.25, 0.3) is 0 Å². The average molecular weight is 286 g/mol. The monoisotopic (exact) mass is 286 g/mol. The summed E-state index contributed by atoms with van der Waals surface area (Å²) < 4.78 is 0. The van der Waals surface area contributed by atoms with Crippen LogP contribution in [0, 0.1) is 0 Å². The summed E-state index contributed by atoms with van der Waals surface area (Å²) in [6, 6.07) is 4.79. The van der Waals surface area contributed by atoms with E-state index >= 15 is 0 Å². The molecule has 0 spiro atoms. The van der Waals surface area contributed by atoms with E-state index in [1.807, 2.05) is 18.2 Å². The number of aromatic nitrogens is 1. The van der Waals surface area contributed by atoms with Gasteiger partial charge >= 0.3 is 5.97 Å². The molecule has 0 bridgehead atoms. The smallest absolute Gasteiger partial charge is 0.325 e. The third-order valence-electron chi connectivity index (χ3n) is 1.94. The third kappa shape index (κ3) is 5.92. The van der Waals surface area contributed by atoms with Crippen molar-refractivity contribution in [1.29, 1.82) is 0 Å². The van der Waals surface area contributed by atoms with E-state index in [1.165, 1.54) is 28.5 Å². The molecule has 0 saturated heterocycles. The number of hydrogen-bond acceptors (Lipinski definition) is 5. The number of aliphatic carboxylic acids is 1. The number of carbonyl (C=O) groups excluding carboxylic acids is 1. The molecule has 0 fully saturated rings. The molecule has 1 amide bonds. The number of nitrogens with zero attached hydrogens (tertiary/aromatic N) is 1. The van der Waals surface area contributed by atoms with E-state index in [0.29, 0.717) is 12.2 Å². The number of carboxylic acid groups (broad SMARTS) is 1. The first-order valence-corrected chi connectivity index (χ1v) is 7.64. The maximum atomic E-state index is 11.4. The van der Waals surface area contributed by atoms with Gasteiger partial charge in [0.05, 0.1) is 0 Å². The second-order valence-corrected chi connectivity index (χ2v) is 5.89. The molecule has 5 nitrogen and oxygen atoms in total. The molecule has 0 saturated carbocycles. The van der Waals surface area contributed by atoms with Crippen LogP contribution in [0.15, 0.2) is 29.4 Å². The number of carboxylic acids is 1. The Morgan fingerprint density at radius 3 is 2.89 bits per heavy atom. The predicted octanol–water partition coefficient (Wildman–Crippen LogP) is 1.80. The zero-order valence-corrected chi connectivity index (χ0v) is 11.5. The van der Waals surface area contributed by atoms with Gasteiger partial charge in [-0.05, 0) is 29.9 Å². The largest absolute Gasteiger partial charge is 0.480 e. The van der Waals surface area contributed by atoms with Gasteiger partial charge in [0, 0.05) is 18.4 Å². The second kappa shape index (κ2) is 7.99. The lowest BCUT2D eigenvalue weighted by Gasteiger charge is -2.08. The molecule has 1 atom stereocenters. The standard InChI is InChI=1S/C11H14N2O3S2/c1-8(11(15)16)13-9(14)5-7-17-18-10-4-2-3-6-12-10/h2-4,6,8H,5,7H2,1H3,(H,13,14)(H,15,16)/t8-/m0/s1. The van der Waals surface area contributed by atoms with Crippen LogP contribution in [-0.4, -0.2) is 33.8 Å². The van der Waals surface area contributed by atoms with Gasteiger partial charge in [0.2, 0.25) is 5.91 Å². The van der Waals surface area contributed by atoms with Crippen LogP contribution in [0.3, 0.4) is 0 Å². The molecule has 0 aliphatic carbocycles. The molecule has 7 heteroatoms. The Kier molecular flexibility index (Phi) is 6.59. The molecule has 1 aromatic rings. The van der Waals surface area contributed by atoms with Gasteiger partial charge in [-0.2, -0.15) is 0 Å². The Morgan fingerprint density at radius 2 is 2.28 bits per heavy atom. The topological polar surface area (TPSA) is 79.3 Å². The Hall–Kier alpha value is -1.21. The predicted molar refractivity (Wildman–Crippen MR) is 72.4 cm³/mol. The van der Waals surface area contributed by atoms with E-state index in [2.05, 4.69) is 10.3 Å². The molecule has 18 heavy (non-hydrogen) atoms. The number of nitrogens with one attached hydrogen (secondary N) is 1. The Morgan fingerprint density at radius 1 is 1.50 bits per heavy atom. The van der Waals surface area contributed by atoms with E-state index < -0.39 is 12.0 Å². The maximum Gasteiger partial charge on any atom is 0.325 e. The van der Waals surface area contributed by atoms with E-state index in [1.54, 1.807) is 6.20 Å². The Balaban J connectivity index is 2.14. The summed E-state index contributed by atoms with van der Waals surface area (Å²) in [4.78, 5) is 26.0. The van der Waals surface area contributed by atoms with Crippen LogP contribution in [0.1, 0.15) is 13.3 Å². The third-order valence-corrected chi connectivity index (χ3v) is 4.21. The highest BCUT2D eigenvalue weighted by molar-refractivity contribution is 8.76. The van der Waals surface area contributed by atoms with Gasteiger partial charge in [-0.1, -0.05) is 16.9 Å². The quantitative estimate of drug-likeness (QED) is 0.588. The number of amides is 1. The summed E-state index contributed by atoms with van der Waals surface area (Å²) in [6.07, 6.45) is 2.01. The molecule has 0 aliphatic heterocycles. The summed E-state index contributed by atoms with van der Waals surface area (Å²) in [5.41, 5.74) is 0. The molecular weight excluding hydrogens is 272 g/mol. The van der Waals surface area contributed by atoms with Gasteiger partial charge in [0.15, 0.2) is 0 Å². The molecule has 1 heterocycles. The van der Waals surface area contributed by atoms with Crippen LogP contribution >= 0.6 is 21.6 Å². The number of hydrogen-bond donors (Lipinski definition) is 2. The van der Waals surface area contributed by atoms with Gasteiger partial charge in [-0.3, -0.25) is 9.59 Å². The molecular formula is C11H14N2O3S2. The van der Waals surface area contributed by atoms with Crippen molar-refractivity contribution in [3.05, 3.63) is 24.4 Å². The lowest BCUT2D eigenvalue weighted by atomic mass is 10.3. The van der Waals surface area contributed by atoms with Crippen LogP contribution in [0.25, 0.3) is 0 Å². The van der Waals surface area contributed by atoms with Crippen molar-refractivity contribution in [2.24, 2.45) is 0 Å². The second-order valence-electron chi connectivity index (χ2n) is 3.45. The molecule has 2 N–H and O–H groups in total. The first-order chi connectivity index (χ1) is 8.59. The lowest BCUT2D eigenvalue weighted by molar-refractivity contribution is -0.141. The number of carbonyl (C=O) groups is 2. The molecule has 0 aromatic carbocycles. The fraction of sp³-hybridized carbons (Fsp3) is 0.364. The highest BCUT2D eigenvalue weighted by Crippen LogP contribution is 2.29. The van der Waals surface area contributed by atoms with Gasteiger partial charge in [-0.15, -0.1) is 0 Å². The summed E-state index contributed by atoms with van der Waals surface area (Å²) in [5.74, 6) is -0.669. The van der Waals surface area contributed by atoms with E-state index in [4.69, 9.17) is 5.11 Å². The molecule has 98 valence electrons. The van der Waals surface area contributed by atoms with Crippen molar-refractivity contribution in [3.8, 4) is 0 Å². The Labute approximate surface area is 113 Å². The average Bonchev–Trinajstić information content (AvgIpc) is 2.35. The van der Waals surface area contributed by atoms with E-state index in [9.17, 15) is 9.59 Å². The number of pyridine rings is 1. The fourth-order valence-electron chi connectivity index (χ4n) is 1.01. The van der Waals surface area contributed by atoms with Crippen LogP contribution < -0.4 is 5.32 Å². The minimum absolute atomic E-state index is 0.251. The van der Waals surface area contributed by atoms with Crippen LogP contribution in [0.4, 0.5) is 0 Å². The minimum atomic E-state index is -1.03. The molecule has 1 rings (SSSR count). The highest BCUT2D eigenvalue weighted by Gasteiger charge is 2.13. The fourth-order valence-corrected chi connectivity index (χ4v) is 2.88. The van der Waals surface area contributed by atoms with Crippen LogP contribution in [-0.2, 0) is 9.59 Å². The van der Waals surface area contributed by atoms with E-state index in [0.717, 1.165) is 5.03 Å². The van der Waals surface area contributed by atoms with Crippen molar-refractivity contribution < 1.29 is 14.7 Å². The summed E-state index contributed by atoms with van der Waals surface area (Å²) >= 11 is 0. The summed E-state index contributed by atoms with van der Waals surface area (Å²) in [7, 11) is 3.01. The summed E-state index contributed by atoms with van der Waals surface area (Å²) in [5, 5.41) is 11.9. The first kappa shape index (κ1) is 14.8. The van der Waals surface area contributed by atoms with Crippen molar-refractivity contribution in [2.75, 3.05) is 5.75 Å². The lowest BCUT2D eigenvalue weighted by Crippen LogP contribution is -2.38. The number of rotatable bonds is 7. The van der Waals surface area contributed by atoms with Crippen molar-refractivity contribution >= 4 is 33.5 Å². The zero-order valence-electron chi connectivity index (χ0n) is 9.83.